The van der Waals surface area contributed by atoms with Crippen molar-refractivity contribution in [3.63, 3.8) is 0 Å². The van der Waals surface area contributed by atoms with Crippen LogP contribution in [0.4, 0.5) is 10.5 Å². The average Bonchev–Trinajstić information content (AvgIpc) is 3.96. The van der Waals surface area contributed by atoms with E-state index in [4.69, 9.17) is 33.0 Å². The van der Waals surface area contributed by atoms with E-state index in [2.05, 4.69) is 0 Å². The Bertz CT molecular complexity index is 2610. The van der Waals surface area contributed by atoms with Gasteiger partial charge in [-0.2, -0.15) is 0 Å². The number of aryl methyl sites for hydroxylation is 1. The molecule has 0 amide bonds. The molecule has 3 aliphatic heterocycles. The molecule has 0 fully saturated rings. The lowest BCUT2D eigenvalue weighted by atomic mass is 9.72. The minimum absolute atomic E-state index is 0.237. The first-order valence-electron chi connectivity index (χ1n) is 17.5. The number of aliphatic hydroxyl groups excluding tert-OH is 1. The largest absolute Gasteiger partial charge is 0.489 e. The van der Waals surface area contributed by atoms with Gasteiger partial charge in [-0.25, -0.2) is 14.8 Å². The minimum atomic E-state index is -1.14. The number of para-hydroxylation sites is 1. The number of aliphatic hydroxyl groups is 1. The summed E-state index contributed by atoms with van der Waals surface area (Å²) in [5.74, 6) is 2.81. The predicted octanol–water partition coefficient (Wildman–Crippen LogP) is 8.43. The number of benzene rings is 4. The summed E-state index contributed by atoms with van der Waals surface area (Å²) in [7, 11) is 0. The monoisotopic (exact) mass is 706 g/mol. The van der Waals surface area contributed by atoms with Crippen molar-refractivity contribution in [2.75, 3.05) is 11.6 Å². The van der Waals surface area contributed by atoms with E-state index in [0.717, 1.165) is 38.9 Å². The summed E-state index contributed by atoms with van der Waals surface area (Å²) in [5.41, 5.74) is 4.87. The average molecular weight is 707 g/mol. The SMILES string of the molecule is Cc1nc2c(o1)[C@]13c4cc(OCc5ccccc5)ccc4O[C@H]1N(CO)c1c(cccc13)-c1cccc3c1c(cn3C(=O)OC(C)(C)C)-c1cnc-2o1. The van der Waals surface area contributed by atoms with Crippen molar-refractivity contribution in [3.05, 3.63) is 126 Å². The van der Waals surface area contributed by atoms with Gasteiger partial charge in [-0.05, 0) is 56.2 Å². The van der Waals surface area contributed by atoms with Gasteiger partial charge in [-0.3, -0.25) is 4.57 Å². The van der Waals surface area contributed by atoms with Crippen LogP contribution in [0.3, 0.4) is 0 Å². The molecule has 7 aromatic rings. The molecule has 1 spiro atoms. The molecule has 53 heavy (non-hydrogen) atoms. The maximum atomic E-state index is 13.7. The van der Waals surface area contributed by atoms with Crippen molar-refractivity contribution in [2.45, 2.75) is 51.5 Å². The molecule has 3 aromatic heterocycles. The Hall–Kier alpha value is -6.33. The summed E-state index contributed by atoms with van der Waals surface area (Å²) >= 11 is 0. The third-order valence-electron chi connectivity index (χ3n) is 10.2. The molecule has 0 saturated carbocycles. The van der Waals surface area contributed by atoms with Crippen LogP contribution in [0.5, 0.6) is 11.5 Å². The van der Waals surface area contributed by atoms with Gasteiger partial charge in [-0.1, -0.05) is 60.7 Å². The molecule has 6 heterocycles. The van der Waals surface area contributed by atoms with Crippen molar-refractivity contribution in [1.29, 1.82) is 0 Å². The second kappa shape index (κ2) is 11.1. The summed E-state index contributed by atoms with van der Waals surface area (Å²) in [6.45, 7) is 7.30. The van der Waals surface area contributed by atoms with Gasteiger partial charge in [0.05, 0.1) is 17.4 Å². The first-order valence-corrected chi connectivity index (χ1v) is 17.5. The van der Waals surface area contributed by atoms with Gasteiger partial charge in [0, 0.05) is 40.8 Å². The number of carbonyl (C=O) groups excluding carboxylic acids is 1. The van der Waals surface area contributed by atoms with Crippen molar-refractivity contribution in [2.24, 2.45) is 0 Å². The summed E-state index contributed by atoms with van der Waals surface area (Å²) in [5, 5.41) is 12.0. The molecule has 0 aliphatic carbocycles. The van der Waals surface area contributed by atoms with Crippen LogP contribution in [-0.4, -0.2) is 44.3 Å². The van der Waals surface area contributed by atoms with Gasteiger partial charge in [0.25, 0.3) is 0 Å². The quantitative estimate of drug-likeness (QED) is 0.191. The van der Waals surface area contributed by atoms with E-state index in [1.54, 1.807) is 19.3 Å². The molecule has 10 rings (SSSR count). The van der Waals surface area contributed by atoms with Gasteiger partial charge in [-0.15, -0.1) is 0 Å². The van der Waals surface area contributed by atoms with Crippen molar-refractivity contribution >= 4 is 22.7 Å². The summed E-state index contributed by atoms with van der Waals surface area (Å²) in [6.07, 6.45) is 2.07. The molecule has 0 radical (unpaired) electrons. The van der Waals surface area contributed by atoms with E-state index in [1.165, 1.54) is 4.57 Å². The molecule has 0 unspecified atom stereocenters. The smallest absolute Gasteiger partial charge is 0.419 e. The number of aromatic nitrogens is 3. The van der Waals surface area contributed by atoms with E-state index >= 15 is 0 Å². The molecule has 6 bridgehead atoms. The molecule has 0 saturated heterocycles. The zero-order valence-corrected chi connectivity index (χ0v) is 29.4. The maximum absolute atomic E-state index is 13.7. The highest BCUT2D eigenvalue weighted by Gasteiger charge is 2.64. The van der Waals surface area contributed by atoms with Gasteiger partial charge in [0.2, 0.25) is 5.89 Å². The van der Waals surface area contributed by atoms with Gasteiger partial charge in [0.1, 0.15) is 35.9 Å². The van der Waals surface area contributed by atoms with Crippen LogP contribution in [0.2, 0.25) is 0 Å². The highest BCUT2D eigenvalue weighted by molar-refractivity contribution is 6.10. The van der Waals surface area contributed by atoms with Crippen molar-refractivity contribution in [1.82, 2.24) is 14.5 Å². The van der Waals surface area contributed by atoms with E-state index in [-0.39, 0.29) is 12.6 Å². The van der Waals surface area contributed by atoms with Crippen LogP contribution >= 0.6 is 0 Å². The Balaban J connectivity index is 1.27. The second-order valence-corrected chi connectivity index (χ2v) is 14.6. The van der Waals surface area contributed by atoms with E-state index < -0.39 is 23.3 Å². The number of ether oxygens (including phenoxy) is 3. The van der Waals surface area contributed by atoms with E-state index in [0.29, 0.717) is 52.3 Å². The normalized spacial score (nSPS) is 17.8. The molecular weight excluding hydrogens is 672 g/mol. The first-order chi connectivity index (χ1) is 25.7. The van der Waals surface area contributed by atoms with Gasteiger partial charge >= 0.3 is 6.09 Å². The topological polar surface area (TPSA) is 125 Å². The van der Waals surface area contributed by atoms with Crippen LogP contribution < -0.4 is 14.4 Å². The van der Waals surface area contributed by atoms with Crippen LogP contribution in [0, 0.1) is 6.92 Å². The maximum Gasteiger partial charge on any atom is 0.419 e. The van der Waals surface area contributed by atoms with Crippen molar-refractivity contribution in [3.8, 4) is 45.5 Å². The van der Waals surface area contributed by atoms with Gasteiger partial charge in [0.15, 0.2) is 29.3 Å². The van der Waals surface area contributed by atoms with Crippen LogP contribution in [0.1, 0.15) is 49.1 Å². The van der Waals surface area contributed by atoms with Crippen LogP contribution in [0.15, 0.2) is 106 Å². The fourth-order valence-corrected chi connectivity index (χ4v) is 8.18. The zero-order chi connectivity index (χ0) is 36.2. The van der Waals surface area contributed by atoms with Crippen LogP contribution in [0.25, 0.3) is 44.9 Å². The molecular formula is C42H34N4O7. The lowest BCUT2D eigenvalue weighted by molar-refractivity contribution is 0.0544. The number of carbonyl (C=O) groups is 1. The Labute approximate surface area is 304 Å². The number of fused-ring (bicyclic) bond motifs is 7. The Morgan fingerprint density at radius 3 is 2.57 bits per heavy atom. The highest BCUT2D eigenvalue weighted by atomic mass is 16.6. The Morgan fingerprint density at radius 1 is 0.943 bits per heavy atom. The number of hydrogen-bond acceptors (Lipinski definition) is 10. The molecule has 264 valence electrons. The molecule has 3 aliphatic rings. The lowest BCUT2D eigenvalue weighted by Gasteiger charge is -2.30. The second-order valence-electron chi connectivity index (χ2n) is 14.6. The Morgan fingerprint density at radius 2 is 1.75 bits per heavy atom. The third kappa shape index (κ3) is 4.46. The summed E-state index contributed by atoms with van der Waals surface area (Å²) in [6, 6.07) is 27.6. The highest BCUT2D eigenvalue weighted by Crippen LogP contribution is 2.63. The predicted molar refractivity (Wildman–Crippen MR) is 196 cm³/mol. The first kappa shape index (κ1) is 31.4. The molecule has 1 N–H and O–H groups in total. The third-order valence-corrected chi connectivity index (χ3v) is 10.2. The number of anilines is 1. The van der Waals surface area contributed by atoms with Crippen molar-refractivity contribution < 1.29 is 32.9 Å². The van der Waals surface area contributed by atoms with E-state index in [9.17, 15) is 9.90 Å². The fourth-order valence-electron chi connectivity index (χ4n) is 8.18. The number of nitrogens with zero attached hydrogens (tertiary/aromatic N) is 4. The molecule has 11 heteroatoms. The number of rotatable bonds is 4. The molecule has 11 nitrogen and oxygen atoms in total. The zero-order valence-electron chi connectivity index (χ0n) is 29.4. The van der Waals surface area contributed by atoms with E-state index in [1.807, 2.05) is 111 Å². The Kier molecular flexibility index (Phi) is 6.57. The summed E-state index contributed by atoms with van der Waals surface area (Å²) in [4.78, 5) is 25.2. The summed E-state index contributed by atoms with van der Waals surface area (Å²) < 4.78 is 33.8. The molecule has 4 aromatic carbocycles. The molecule has 2 atom stereocenters. The number of hydrogen-bond donors (Lipinski definition) is 1. The standard InChI is InChI=1S/C42H34N4O7/c1-23-44-35-37(50-23)42-29-14-8-13-27(26-12-9-15-31-34(26)28(33-19-43-38(35)51-33)20-45(31)40(48)53-41(2,3)4)36(29)46(22-47)39(42)52-32-17-16-25(18-30(32)42)49-21-24-10-6-5-7-11-24/h5-20,39,47H,21-22H2,1-4H3/t39-,42+/m1/s1. The fraction of sp³-hybridized carbons (Fsp3) is 0.214. The van der Waals surface area contributed by atoms with Gasteiger partial charge < -0.3 is 33.1 Å². The number of oxazole rings is 2. The van der Waals surface area contributed by atoms with Crippen LogP contribution in [-0.2, 0) is 16.8 Å². The lowest BCUT2D eigenvalue weighted by Crippen LogP contribution is -2.46. The minimum Gasteiger partial charge on any atom is -0.489 e.